The zero-order valence-electron chi connectivity index (χ0n) is 10.2. The van der Waals surface area contributed by atoms with Gasteiger partial charge in [-0.3, -0.25) is 0 Å². The molecule has 5 heteroatoms. The molecule has 2 rings (SSSR count). The molecule has 17 heavy (non-hydrogen) atoms. The Hall–Kier alpha value is -1.10. The number of hydrogen-bond donors (Lipinski definition) is 0. The highest BCUT2D eigenvalue weighted by Crippen LogP contribution is 2.20. The van der Waals surface area contributed by atoms with Crippen molar-refractivity contribution in [2.75, 3.05) is 16.8 Å². The van der Waals surface area contributed by atoms with Crippen LogP contribution in [0.4, 0.5) is 5.82 Å². The largest absolute Gasteiger partial charge is 0.352 e. The number of alkyl halides is 1. The molecule has 0 N–H and O–H groups in total. The summed E-state index contributed by atoms with van der Waals surface area (Å²) in [6, 6.07) is 2.44. The molecule has 0 unspecified atom stereocenters. The first-order valence-electron chi connectivity index (χ1n) is 5.85. The summed E-state index contributed by atoms with van der Waals surface area (Å²) in [4.78, 5) is 6.82. The SMILES string of the molecule is CC(C)N(CCCBr)c1nccn2nccc12. The van der Waals surface area contributed by atoms with Gasteiger partial charge in [0.15, 0.2) is 5.82 Å². The van der Waals surface area contributed by atoms with Crippen LogP contribution in [0.3, 0.4) is 0 Å². The van der Waals surface area contributed by atoms with E-state index in [1.165, 1.54) is 0 Å². The first-order chi connectivity index (χ1) is 8.24. The second-order valence-corrected chi connectivity index (χ2v) is 5.03. The van der Waals surface area contributed by atoms with Crippen molar-refractivity contribution in [2.24, 2.45) is 0 Å². The molecule has 92 valence electrons. The molecule has 0 aliphatic rings. The van der Waals surface area contributed by atoms with Gasteiger partial charge in [-0.1, -0.05) is 15.9 Å². The van der Waals surface area contributed by atoms with Gasteiger partial charge in [0.05, 0.1) is 6.20 Å². The van der Waals surface area contributed by atoms with Crippen LogP contribution in [-0.4, -0.2) is 32.5 Å². The first kappa shape index (κ1) is 12.4. The number of nitrogens with zero attached hydrogens (tertiary/aromatic N) is 4. The molecule has 2 heterocycles. The Morgan fingerprint density at radius 3 is 2.94 bits per heavy atom. The quantitative estimate of drug-likeness (QED) is 0.796. The van der Waals surface area contributed by atoms with Crippen molar-refractivity contribution in [2.45, 2.75) is 26.3 Å². The van der Waals surface area contributed by atoms with Crippen LogP contribution in [-0.2, 0) is 0 Å². The van der Waals surface area contributed by atoms with Crippen LogP contribution in [0.2, 0.25) is 0 Å². The van der Waals surface area contributed by atoms with Gasteiger partial charge in [-0.05, 0) is 26.3 Å². The molecule has 2 aromatic rings. The third kappa shape index (κ3) is 2.60. The smallest absolute Gasteiger partial charge is 0.154 e. The molecular weight excluding hydrogens is 280 g/mol. The summed E-state index contributed by atoms with van der Waals surface area (Å²) in [5.41, 5.74) is 1.07. The predicted octanol–water partition coefficient (Wildman–Crippen LogP) is 2.73. The van der Waals surface area contributed by atoms with Crippen molar-refractivity contribution in [1.29, 1.82) is 0 Å². The fourth-order valence-corrected chi connectivity index (χ4v) is 2.15. The molecule has 0 fully saturated rings. The number of fused-ring (bicyclic) bond motifs is 1. The molecule has 0 amide bonds. The van der Waals surface area contributed by atoms with E-state index in [4.69, 9.17) is 0 Å². The predicted molar refractivity (Wildman–Crippen MR) is 73.9 cm³/mol. The summed E-state index contributed by atoms with van der Waals surface area (Å²) < 4.78 is 1.87. The minimum Gasteiger partial charge on any atom is -0.352 e. The lowest BCUT2D eigenvalue weighted by molar-refractivity contribution is 0.665. The molecule has 2 aromatic heterocycles. The van der Waals surface area contributed by atoms with Gasteiger partial charge in [-0.25, -0.2) is 9.50 Å². The Morgan fingerprint density at radius 2 is 2.24 bits per heavy atom. The zero-order valence-corrected chi connectivity index (χ0v) is 11.8. The van der Waals surface area contributed by atoms with Gasteiger partial charge < -0.3 is 4.90 Å². The number of anilines is 1. The number of rotatable bonds is 5. The third-order valence-electron chi connectivity index (χ3n) is 2.73. The van der Waals surface area contributed by atoms with Gasteiger partial charge in [-0.2, -0.15) is 5.10 Å². The van der Waals surface area contributed by atoms with Crippen molar-refractivity contribution in [3.05, 3.63) is 24.7 Å². The minimum atomic E-state index is 0.433. The van der Waals surface area contributed by atoms with Crippen LogP contribution in [0.1, 0.15) is 20.3 Å². The van der Waals surface area contributed by atoms with Crippen molar-refractivity contribution in [3.63, 3.8) is 0 Å². The van der Waals surface area contributed by atoms with Crippen LogP contribution < -0.4 is 4.90 Å². The second-order valence-electron chi connectivity index (χ2n) is 4.24. The van der Waals surface area contributed by atoms with Crippen molar-refractivity contribution >= 4 is 27.3 Å². The number of halogens is 1. The van der Waals surface area contributed by atoms with E-state index in [0.29, 0.717) is 6.04 Å². The van der Waals surface area contributed by atoms with Crippen molar-refractivity contribution in [1.82, 2.24) is 14.6 Å². The van der Waals surface area contributed by atoms with Gasteiger partial charge in [0, 0.05) is 30.3 Å². The summed E-state index contributed by atoms with van der Waals surface area (Å²) in [6.45, 7) is 5.38. The van der Waals surface area contributed by atoms with Crippen molar-refractivity contribution < 1.29 is 0 Å². The molecule has 0 aliphatic carbocycles. The standard InChI is InChI=1S/C12H17BrN4/c1-10(2)16(8-3-5-13)12-11-4-6-15-17(11)9-7-14-12/h4,6-7,9-10H,3,5,8H2,1-2H3. The summed E-state index contributed by atoms with van der Waals surface area (Å²) >= 11 is 3.48. The molecule has 0 aliphatic heterocycles. The van der Waals surface area contributed by atoms with Crippen LogP contribution in [0.15, 0.2) is 24.7 Å². The van der Waals surface area contributed by atoms with Crippen molar-refractivity contribution in [3.8, 4) is 0 Å². The monoisotopic (exact) mass is 296 g/mol. The first-order valence-corrected chi connectivity index (χ1v) is 6.97. The van der Waals surface area contributed by atoms with Gasteiger partial charge in [-0.15, -0.1) is 0 Å². The van der Waals surface area contributed by atoms with Gasteiger partial charge in [0.2, 0.25) is 0 Å². The van der Waals surface area contributed by atoms with E-state index >= 15 is 0 Å². The van der Waals surface area contributed by atoms with Crippen LogP contribution in [0.25, 0.3) is 5.52 Å². The van der Waals surface area contributed by atoms with Crippen LogP contribution >= 0.6 is 15.9 Å². The molecule has 4 nitrogen and oxygen atoms in total. The maximum Gasteiger partial charge on any atom is 0.154 e. The lowest BCUT2D eigenvalue weighted by Gasteiger charge is -2.28. The molecule has 0 aromatic carbocycles. The van der Waals surface area contributed by atoms with Crippen LogP contribution in [0.5, 0.6) is 0 Å². The van der Waals surface area contributed by atoms with Gasteiger partial charge >= 0.3 is 0 Å². The average Bonchev–Trinajstić information content (AvgIpc) is 2.77. The van der Waals surface area contributed by atoms with E-state index in [0.717, 1.165) is 29.6 Å². The molecule has 0 spiro atoms. The molecule has 0 atom stereocenters. The highest BCUT2D eigenvalue weighted by molar-refractivity contribution is 9.09. The fourth-order valence-electron chi connectivity index (χ4n) is 1.90. The summed E-state index contributed by atoms with van der Waals surface area (Å²) in [6.07, 6.45) is 6.60. The second kappa shape index (κ2) is 5.49. The van der Waals surface area contributed by atoms with E-state index in [-0.39, 0.29) is 0 Å². The van der Waals surface area contributed by atoms with Gasteiger partial charge in [0.25, 0.3) is 0 Å². The summed E-state index contributed by atoms with van der Waals surface area (Å²) in [7, 11) is 0. The summed E-state index contributed by atoms with van der Waals surface area (Å²) in [5.74, 6) is 1.01. The number of hydrogen-bond acceptors (Lipinski definition) is 3. The average molecular weight is 297 g/mol. The molecule has 0 radical (unpaired) electrons. The minimum absolute atomic E-state index is 0.433. The lowest BCUT2D eigenvalue weighted by atomic mass is 10.2. The molecule has 0 saturated carbocycles. The maximum atomic E-state index is 4.50. The molecular formula is C12H17BrN4. The third-order valence-corrected chi connectivity index (χ3v) is 3.29. The Morgan fingerprint density at radius 1 is 1.41 bits per heavy atom. The molecule has 0 saturated heterocycles. The zero-order chi connectivity index (χ0) is 12.3. The maximum absolute atomic E-state index is 4.50. The Kier molecular flexibility index (Phi) is 3.99. The summed E-state index contributed by atoms with van der Waals surface area (Å²) in [5, 5.41) is 5.25. The lowest BCUT2D eigenvalue weighted by Crippen LogP contribution is -2.33. The molecule has 0 bridgehead atoms. The Balaban J connectivity index is 2.37. The fraction of sp³-hybridized carbons (Fsp3) is 0.500. The highest BCUT2D eigenvalue weighted by Gasteiger charge is 2.14. The normalized spacial score (nSPS) is 11.3. The Bertz CT molecular complexity index is 480. The van der Waals surface area contributed by atoms with E-state index in [9.17, 15) is 0 Å². The van der Waals surface area contributed by atoms with Crippen LogP contribution in [0, 0.1) is 0 Å². The van der Waals surface area contributed by atoms with E-state index in [2.05, 4.69) is 44.8 Å². The van der Waals surface area contributed by atoms with E-state index < -0.39 is 0 Å². The number of aromatic nitrogens is 3. The highest BCUT2D eigenvalue weighted by atomic mass is 79.9. The van der Waals surface area contributed by atoms with Gasteiger partial charge in [0.1, 0.15) is 5.52 Å². The Labute approximate surface area is 110 Å². The van der Waals surface area contributed by atoms with E-state index in [1.807, 2.05) is 23.0 Å². The topological polar surface area (TPSA) is 33.4 Å². The van der Waals surface area contributed by atoms with E-state index in [1.54, 1.807) is 6.20 Å².